The lowest BCUT2D eigenvalue weighted by Gasteiger charge is -2.12. The van der Waals surface area contributed by atoms with Gasteiger partial charge in [0.25, 0.3) is 5.91 Å². The zero-order valence-electron chi connectivity index (χ0n) is 15.7. The van der Waals surface area contributed by atoms with Crippen molar-refractivity contribution >= 4 is 23.4 Å². The number of benzene rings is 2. The van der Waals surface area contributed by atoms with E-state index in [0.717, 1.165) is 24.0 Å². The van der Waals surface area contributed by atoms with Gasteiger partial charge in [-0.1, -0.05) is 55.3 Å². The van der Waals surface area contributed by atoms with Crippen LogP contribution in [0.25, 0.3) is 0 Å². The third-order valence-electron chi connectivity index (χ3n) is 3.98. The van der Waals surface area contributed by atoms with Crippen molar-refractivity contribution in [2.24, 2.45) is 0 Å². The van der Waals surface area contributed by atoms with Gasteiger partial charge in [0.15, 0.2) is 0 Å². The maximum absolute atomic E-state index is 12.5. The van der Waals surface area contributed by atoms with Gasteiger partial charge in [-0.05, 0) is 31.0 Å². The van der Waals surface area contributed by atoms with Crippen molar-refractivity contribution in [1.82, 2.24) is 10.6 Å². The summed E-state index contributed by atoms with van der Waals surface area (Å²) in [7, 11) is 0. The molecule has 3 N–H and O–H groups in total. The number of anilines is 1. The van der Waals surface area contributed by atoms with Gasteiger partial charge < -0.3 is 16.0 Å². The number of hydrogen-bond acceptors (Lipinski definition) is 3. The standard InChI is InChI=1S/C21H25N3O3/c1-3-4-12-22-20(26)21(27)24-18-11-6-5-10-17(18)19(25)23-14-16-9-7-8-15(2)13-16/h5-11,13H,3-4,12,14H2,1-2H3,(H,22,26)(H,23,25)(H,24,27). The van der Waals surface area contributed by atoms with Crippen molar-refractivity contribution < 1.29 is 14.4 Å². The van der Waals surface area contributed by atoms with Crippen LogP contribution in [0.4, 0.5) is 5.69 Å². The molecule has 0 radical (unpaired) electrons. The Morgan fingerprint density at radius 1 is 0.926 bits per heavy atom. The molecule has 2 aromatic rings. The third-order valence-corrected chi connectivity index (χ3v) is 3.98. The van der Waals surface area contributed by atoms with Gasteiger partial charge in [0.05, 0.1) is 11.3 Å². The molecule has 0 atom stereocenters. The number of amides is 3. The number of para-hydroxylation sites is 1. The van der Waals surface area contributed by atoms with Crippen molar-refractivity contribution in [1.29, 1.82) is 0 Å². The summed E-state index contributed by atoms with van der Waals surface area (Å²) >= 11 is 0. The summed E-state index contributed by atoms with van der Waals surface area (Å²) in [5.41, 5.74) is 2.71. The SMILES string of the molecule is CCCCNC(=O)C(=O)Nc1ccccc1C(=O)NCc1cccc(C)c1. The van der Waals surface area contributed by atoms with E-state index in [1.54, 1.807) is 24.3 Å². The third kappa shape index (κ3) is 6.26. The molecule has 27 heavy (non-hydrogen) atoms. The molecule has 0 aliphatic heterocycles. The highest BCUT2D eigenvalue weighted by Gasteiger charge is 2.17. The van der Waals surface area contributed by atoms with Crippen molar-refractivity contribution in [2.45, 2.75) is 33.2 Å². The summed E-state index contributed by atoms with van der Waals surface area (Å²) in [5, 5.41) is 7.90. The molecular weight excluding hydrogens is 342 g/mol. The number of rotatable bonds is 7. The van der Waals surface area contributed by atoms with Crippen molar-refractivity contribution in [3.63, 3.8) is 0 Å². The average Bonchev–Trinajstić information content (AvgIpc) is 2.66. The Bertz CT molecular complexity index is 818. The zero-order valence-corrected chi connectivity index (χ0v) is 15.7. The molecule has 0 saturated heterocycles. The minimum Gasteiger partial charge on any atom is -0.348 e. The number of hydrogen-bond donors (Lipinski definition) is 3. The number of carbonyl (C=O) groups is 3. The molecule has 0 aliphatic carbocycles. The summed E-state index contributed by atoms with van der Waals surface area (Å²) in [6.45, 7) is 4.81. The molecule has 0 aliphatic rings. The molecule has 0 fully saturated rings. The van der Waals surface area contributed by atoms with Crippen molar-refractivity contribution in [3.05, 3.63) is 65.2 Å². The lowest BCUT2D eigenvalue weighted by molar-refractivity contribution is -0.136. The highest BCUT2D eigenvalue weighted by molar-refractivity contribution is 6.40. The molecule has 0 aromatic heterocycles. The Labute approximate surface area is 159 Å². The normalized spacial score (nSPS) is 10.1. The molecule has 0 spiro atoms. The minimum absolute atomic E-state index is 0.301. The quantitative estimate of drug-likeness (QED) is 0.519. The summed E-state index contributed by atoms with van der Waals surface area (Å²) in [6, 6.07) is 14.5. The largest absolute Gasteiger partial charge is 0.348 e. The van der Waals surface area contributed by atoms with Crippen LogP contribution in [0.15, 0.2) is 48.5 Å². The van der Waals surface area contributed by atoms with Gasteiger partial charge >= 0.3 is 11.8 Å². The van der Waals surface area contributed by atoms with Gasteiger partial charge in [-0.25, -0.2) is 0 Å². The first-order valence-corrected chi connectivity index (χ1v) is 9.03. The van der Waals surface area contributed by atoms with E-state index in [0.29, 0.717) is 24.3 Å². The first-order chi connectivity index (χ1) is 13.0. The average molecular weight is 367 g/mol. The van der Waals surface area contributed by atoms with Gasteiger partial charge in [0.1, 0.15) is 0 Å². The number of aryl methyl sites for hydroxylation is 1. The van der Waals surface area contributed by atoms with Crippen LogP contribution in [0.2, 0.25) is 0 Å². The second kappa shape index (κ2) is 10.1. The van der Waals surface area contributed by atoms with Crippen molar-refractivity contribution in [2.75, 3.05) is 11.9 Å². The lowest BCUT2D eigenvalue weighted by atomic mass is 10.1. The number of carbonyl (C=O) groups excluding carboxylic acids is 3. The predicted octanol–water partition coefficient (Wildman–Crippen LogP) is 2.78. The van der Waals surface area contributed by atoms with Crippen LogP contribution in [0.5, 0.6) is 0 Å². The van der Waals surface area contributed by atoms with E-state index in [-0.39, 0.29) is 5.91 Å². The Hall–Kier alpha value is -3.15. The maximum atomic E-state index is 12.5. The van der Waals surface area contributed by atoms with E-state index in [2.05, 4.69) is 16.0 Å². The van der Waals surface area contributed by atoms with E-state index in [1.165, 1.54) is 0 Å². The molecule has 142 valence electrons. The molecule has 6 heteroatoms. The smallest absolute Gasteiger partial charge is 0.313 e. The van der Waals surface area contributed by atoms with E-state index in [9.17, 15) is 14.4 Å². The maximum Gasteiger partial charge on any atom is 0.313 e. The zero-order chi connectivity index (χ0) is 19.6. The Morgan fingerprint density at radius 3 is 2.44 bits per heavy atom. The summed E-state index contributed by atoms with van der Waals surface area (Å²) in [5.74, 6) is -1.82. The van der Waals surface area contributed by atoms with E-state index in [4.69, 9.17) is 0 Å². The molecular formula is C21H25N3O3. The Kier molecular flexibility index (Phi) is 7.55. The highest BCUT2D eigenvalue weighted by Crippen LogP contribution is 2.15. The summed E-state index contributed by atoms with van der Waals surface area (Å²) in [4.78, 5) is 36.4. The first-order valence-electron chi connectivity index (χ1n) is 9.03. The van der Waals surface area contributed by atoms with Crippen molar-refractivity contribution in [3.8, 4) is 0 Å². The van der Waals surface area contributed by atoms with Gasteiger partial charge in [-0.2, -0.15) is 0 Å². The molecule has 0 unspecified atom stereocenters. The van der Waals surface area contributed by atoms with Crippen LogP contribution in [0, 0.1) is 6.92 Å². The van der Waals surface area contributed by atoms with E-state index >= 15 is 0 Å². The second-order valence-corrected chi connectivity index (χ2v) is 6.28. The number of unbranched alkanes of at least 4 members (excludes halogenated alkanes) is 1. The van der Waals surface area contributed by atoms with E-state index in [1.807, 2.05) is 38.1 Å². The van der Waals surface area contributed by atoms with Crippen LogP contribution in [0.3, 0.4) is 0 Å². The van der Waals surface area contributed by atoms with Crippen LogP contribution in [-0.4, -0.2) is 24.3 Å². The fourth-order valence-electron chi connectivity index (χ4n) is 2.53. The van der Waals surface area contributed by atoms with Gasteiger partial charge in [-0.15, -0.1) is 0 Å². The van der Waals surface area contributed by atoms with Crippen LogP contribution in [0.1, 0.15) is 41.3 Å². The van der Waals surface area contributed by atoms with Crippen LogP contribution >= 0.6 is 0 Å². The predicted molar refractivity (Wildman–Crippen MR) is 105 cm³/mol. The second-order valence-electron chi connectivity index (χ2n) is 6.28. The number of nitrogens with one attached hydrogen (secondary N) is 3. The Morgan fingerprint density at radius 2 is 1.70 bits per heavy atom. The topological polar surface area (TPSA) is 87.3 Å². The van der Waals surface area contributed by atoms with Gasteiger partial charge in [0, 0.05) is 13.1 Å². The summed E-state index contributed by atoms with van der Waals surface area (Å²) in [6.07, 6.45) is 1.73. The molecule has 3 amide bonds. The van der Waals surface area contributed by atoms with Gasteiger partial charge in [0.2, 0.25) is 0 Å². The molecule has 6 nitrogen and oxygen atoms in total. The lowest BCUT2D eigenvalue weighted by Crippen LogP contribution is -2.36. The monoisotopic (exact) mass is 367 g/mol. The highest BCUT2D eigenvalue weighted by atomic mass is 16.2. The summed E-state index contributed by atoms with van der Waals surface area (Å²) < 4.78 is 0. The first kappa shape index (κ1) is 20.2. The fourth-order valence-corrected chi connectivity index (χ4v) is 2.53. The van der Waals surface area contributed by atoms with Gasteiger partial charge in [-0.3, -0.25) is 14.4 Å². The minimum atomic E-state index is -0.787. The van der Waals surface area contributed by atoms with E-state index < -0.39 is 11.8 Å². The molecule has 2 rings (SSSR count). The molecule has 0 heterocycles. The molecule has 2 aromatic carbocycles. The Balaban J connectivity index is 2.00. The van der Waals surface area contributed by atoms with Crippen LogP contribution in [-0.2, 0) is 16.1 Å². The molecule has 0 saturated carbocycles. The van der Waals surface area contributed by atoms with Crippen LogP contribution < -0.4 is 16.0 Å². The fraction of sp³-hybridized carbons (Fsp3) is 0.286. The molecule has 0 bridgehead atoms.